The Kier molecular flexibility index (Phi) is 4.75. The second-order valence-corrected chi connectivity index (χ2v) is 5.75. The molecular formula is C18H16F2N4O2. The minimum Gasteiger partial charge on any atom is -0.339 e. The van der Waals surface area contributed by atoms with Crippen LogP contribution in [0.15, 0.2) is 28.8 Å². The van der Waals surface area contributed by atoms with E-state index >= 15 is 0 Å². The number of hydrogen-bond donors (Lipinski definition) is 1. The van der Waals surface area contributed by atoms with E-state index in [2.05, 4.69) is 20.4 Å². The van der Waals surface area contributed by atoms with Crippen molar-refractivity contribution >= 4 is 11.7 Å². The molecule has 0 spiro atoms. The fourth-order valence-electron chi connectivity index (χ4n) is 2.53. The van der Waals surface area contributed by atoms with Crippen LogP contribution in [0.4, 0.5) is 14.6 Å². The molecule has 0 bridgehead atoms. The molecule has 134 valence electrons. The molecule has 0 saturated heterocycles. The van der Waals surface area contributed by atoms with Gasteiger partial charge in [0, 0.05) is 17.7 Å². The van der Waals surface area contributed by atoms with Gasteiger partial charge in [-0.15, -0.1) is 0 Å². The van der Waals surface area contributed by atoms with Gasteiger partial charge in [0.15, 0.2) is 11.6 Å². The maximum atomic E-state index is 13.4. The van der Waals surface area contributed by atoms with E-state index in [1.165, 1.54) is 6.07 Å². The molecule has 26 heavy (non-hydrogen) atoms. The summed E-state index contributed by atoms with van der Waals surface area (Å²) < 4.78 is 31.6. The van der Waals surface area contributed by atoms with E-state index in [4.69, 9.17) is 4.52 Å². The summed E-state index contributed by atoms with van der Waals surface area (Å²) in [5, 5.41) is 6.55. The lowest BCUT2D eigenvalue weighted by molar-refractivity contribution is 0.102. The second-order valence-electron chi connectivity index (χ2n) is 5.75. The first-order chi connectivity index (χ1) is 12.4. The minimum absolute atomic E-state index is 0.0295. The number of hydrogen-bond acceptors (Lipinski definition) is 5. The summed E-state index contributed by atoms with van der Waals surface area (Å²) in [6.07, 6.45) is 0.571. The second kappa shape index (κ2) is 6.99. The molecule has 0 aliphatic carbocycles. The third kappa shape index (κ3) is 3.44. The summed E-state index contributed by atoms with van der Waals surface area (Å²) in [5.41, 5.74) is 1.95. The van der Waals surface area contributed by atoms with Gasteiger partial charge < -0.3 is 9.84 Å². The fourth-order valence-corrected chi connectivity index (χ4v) is 2.53. The Balaban J connectivity index is 2.01. The van der Waals surface area contributed by atoms with Crippen LogP contribution in [0.1, 0.15) is 34.4 Å². The molecule has 1 aromatic carbocycles. The van der Waals surface area contributed by atoms with Crippen molar-refractivity contribution in [3.05, 3.63) is 58.6 Å². The van der Waals surface area contributed by atoms with E-state index in [1.807, 2.05) is 19.9 Å². The van der Waals surface area contributed by atoms with Gasteiger partial charge in [0.2, 0.25) is 11.7 Å². The molecule has 0 aliphatic rings. The van der Waals surface area contributed by atoms with Gasteiger partial charge in [-0.2, -0.15) is 4.98 Å². The molecule has 0 fully saturated rings. The molecule has 0 unspecified atom stereocenters. The Labute approximate surface area is 148 Å². The molecule has 0 saturated carbocycles. The average Bonchev–Trinajstić information content (AvgIpc) is 3.05. The number of pyridine rings is 1. The van der Waals surface area contributed by atoms with Crippen molar-refractivity contribution in [1.82, 2.24) is 15.1 Å². The van der Waals surface area contributed by atoms with Crippen LogP contribution in [0.5, 0.6) is 0 Å². The van der Waals surface area contributed by atoms with Gasteiger partial charge >= 0.3 is 0 Å². The molecule has 0 atom stereocenters. The van der Waals surface area contributed by atoms with Crippen LogP contribution in [0, 0.1) is 25.5 Å². The summed E-state index contributed by atoms with van der Waals surface area (Å²) in [5.74, 6) is -1.77. The van der Waals surface area contributed by atoms with E-state index in [0.717, 1.165) is 17.7 Å². The molecule has 1 amide bonds. The number of benzene rings is 1. The molecule has 8 heteroatoms. The number of carbonyl (C=O) groups excluding carboxylic acids is 1. The highest BCUT2D eigenvalue weighted by Gasteiger charge is 2.19. The Morgan fingerprint density at radius 3 is 2.58 bits per heavy atom. The first-order valence-corrected chi connectivity index (χ1v) is 7.96. The number of halogens is 2. The fraction of sp³-hybridized carbons (Fsp3) is 0.222. The molecule has 2 heterocycles. The molecule has 1 N–H and O–H groups in total. The van der Waals surface area contributed by atoms with Crippen molar-refractivity contribution < 1.29 is 18.1 Å². The minimum atomic E-state index is -1.10. The third-order valence-electron chi connectivity index (χ3n) is 3.75. The lowest BCUT2D eigenvalue weighted by atomic mass is 10.1. The van der Waals surface area contributed by atoms with Crippen molar-refractivity contribution in [2.75, 3.05) is 5.32 Å². The molecule has 3 rings (SSSR count). The van der Waals surface area contributed by atoms with Crippen molar-refractivity contribution in [1.29, 1.82) is 0 Å². The maximum Gasteiger partial charge on any atom is 0.256 e. The zero-order chi connectivity index (χ0) is 18.8. The predicted octanol–water partition coefficient (Wildman–Crippen LogP) is 3.84. The van der Waals surface area contributed by atoms with E-state index in [0.29, 0.717) is 29.4 Å². The predicted molar refractivity (Wildman–Crippen MR) is 90.7 cm³/mol. The Bertz CT molecular complexity index is 985. The molecule has 0 aliphatic heterocycles. The SMILES string of the molecule is CCc1nc(-c2c(C)cc(C)nc2NC(=O)c2ccc(F)c(F)c2)no1. The summed E-state index contributed by atoms with van der Waals surface area (Å²) in [6, 6.07) is 4.74. The normalized spacial score (nSPS) is 10.8. The number of nitrogens with one attached hydrogen (secondary N) is 1. The smallest absolute Gasteiger partial charge is 0.256 e. The molecular weight excluding hydrogens is 342 g/mol. The van der Waals surface area contributed by atoms with Crippen molar-refractivity contribution in [3.63, 3.8) is 0 Å². The zero-order valence-electron chi connectivity index (χ0n) is 14.4. The number of rotatable bonds is 4. The van der Waals surface area contributed by atoms with Gasteiger partial charge in [0.05, 0.1) is 5.56 Å². The maximum absolute atomic E-state index is 13.4. The highest BCUT2D eigenvalue weighted by molar-refractivity contribution is 6.05. The monoisotopic (exact) mass is 358 g/mol. The first kappa shape index (κ1) is 17.7. The molecule has 6 nitrogen and oxygen atoms in total. The Morgan fingerprint density at radius 1 is 1.15 bits per heavy atom. The first-order valence-electron chi connectivity index (χ1n) is 7.96. The third-order valence-corrected chi connectivity index (χ3v) is 3.75. The summed E-state index contributed by atoms with van der Waals surface area (Å²) in [6.45, 7) is 5.49. The summed E-state index contributed by atoms with van der Waals surface area (Å²) in [7, 11) is 0. The average molecular weight is 358 g/mol. The topological polar surface area (TPSA) is 80.9 Å². The lowest BCUT2D eigenvalue weighted by Gasteiger charge is -2.12. The van der Waals surface area contributed by atoms with Gasteiger partial charge in [0.25, 0.3) is 5.91 Å². The Hall–Kier alpha value is -3.16. The van der Waals surface area contributed by atoms with Crippen molar-refractivity contribution in [3.8, 4) is 11.4 Å². The number of aromatic nitrogens is 3. The van der Waals surface area contributed by atoms with Crippen LogP contribution < -0.4 is 5.32 Å². The van der Waals surface area contributed by atoms with Gasteiger partial charge in [-0.1, -0.05) is 12.1 Å². The van der Waals surface area contributed by atoms with Crippen LogP contribution in [-0.4, -0.2) is 21.0 Å². The van der Waals surface area contributed by atoms with Crippen LogP contribution >= 0.6 is 0 Å². The number of carbonyl (C=O) groups is 1. The van der Waals surface area contributed by atoms with Crippen molar-refractivity contribution in [2.45, 2.75) is 27.2 Å². The van der Waals surface area contributed by atoms with Crippen LogP contribution in [0.2, 0.25) is 0 Å². The highest BCUT2D eigenvalue weighted by Crippen LogP contribution is 2.29. The summed E-state index contributed by atoms with van der Waals surface area (Å²) in [4.78, 5) is 21.0. The van der Waals surface area contributed by atoms with Gasteiger partial charge in [0.1, 0.15) is 5.82 Å². The van der Waals surface area contributed by atoms with Crippen LogP contribution in [0.25, 0.3) is 11.4 Å². The van der Waals surface area contributed by atoms with Crippen LogP contribution in [-0.2, 0) is 6.42 Å². The van der Waals surface area contributed by atoms with E-state index in [9.17, 15) is 13.6 Å². The van der Waals surface area contributed by atoms with Crippen molar-refractivity contribution in [2.24, 2.45) is 0 Å². The van der Waals surface area contributed by atoms with Gasteiger partial charge in [-0.25, -0.2) is 13.8 Å². The molecule has 2 aromatic heterocycles. The summed E-state index contributed by atoms with van der Waals surface area (Å²) >= 11 is 0. The van der Waals surface area contributed by atoms with E-state index in [-0.39, 0.29) is 11.4 Å². The quantitative estimate of drug-likeness (QED) is 0.766. The van der Waals surface area contributed by atoms with Gasteiger partial charge in [-0.05, 0) is 43.7 Å². The molecule has 3 aromatic rings. The standard InChI is InChI=1S/C18H16F2N4O2/c1-4-14-22-17(24-26-14)15-9(2)7-10(3)21-16(15)23-18(25)11-5-6-12(19)13(20)8-11/h5-8H,4H2,1-3H3,(H,21,23,25). The van der Waals surface area contributed by atoms with Gasteiger partial charge in [-0.3, -0.25) is 4.79 Å². The van der Waals surface area contributed by atoms with E-state index in [1.54, 1.807) is 6.92 Å². The number of nitrogens with zero attached hydrogens (tertiary/aromatic N) is 3. The largest absolute Gasteiger partial charge is 0.339 e. The Morgan fingerprint density at radius 2 is 1.92 bits per heavy atom. The molecule has 0 radical (unpaired) electrons. The number of anilines is 1. The zero-order valence-corrected chi connectivity index (χ0v) is 14.4. The lowest BCUT2D eigenvalue weighted by Crippen LogP contribution is -2.15. The number of amides is 1. The number of aryl methyl sites for hydroxylation is 3. The highest BCUT2D eigenvalue weighted by atomic mass is 19.2. The van der Waals surface area contributed by atoms with E-state index < -0.39 is 17.5 Å². The van der Waals surface area contributed by atoms with Crippen LogP contribution in [0.3, 0.4) is 0 Å².